The highest BCUT2D eigenvalue weighted by Crippen LogP contribution is 2.43. The van der Waals surface area contributed by atoms with Gasteiger partial charge in [-0.2, -0.15) is 0 Å². The van der Waals surface area contributed by atoms with Crippen LogP contribution in [-0.4, -0.2) is 74.9 Å². The second-order valence-corrected chi connectivity index (χ2v) is 25.3. The van der Waals surface area contributed by atoms with Crippen LogP contribution in [0.25, 0.3) is 0 Å². The molecule has 506 valence electrons. The van der Waals surface area contributed by atoms with Gasteiger partial charge in [0.25, 0.3) is 0 Å². The van der Waals surface area contributed by atoms with Crippen LogP contribution in [0, 0.1) is 0 Å². The molecule has 0 bridgehead atoms. The molecule has 0 spiro atoms. The van der Waals surface area contributed by atoms with Gasteiger partial charge in [0, 0.05) is 12.8 Å². The first-order valence-electron chi connectivity index (χ1n) is 35.2. The fraction of sp³-hybridized carbons (Fsp3) is 0.575. The molecule has 0 fully saturated rings. The first-order chi connectivity index (χ1) is 44.0. The number of nitrogens with zero attached hydrogens (tertiary/aromatic N) is 1. The summed E-state index contributed by atoms with van der Waals surface area (Å²) in [5.74, 6) is -0.850. The number of likely N-dealkylation sites (N-methyl/N-ethyl adjacent to an activating group) is 1. The number of allylic oxidation sites excluding steroid dienone is 32. The van der Waals surface area contributed by atoms with Crippen LogP contribution in [0.15, 0.2) is 194 Å². The van der Waals surface area contributed by atoms with Gasteiger partial charge in [0.1, 0.15) is 19.8 Å². The standard InChI is InChI=1S/C80H128NO8P/c1-6-8-10-12-14-16-18-20-22-24-26-28-30-32-34-36-38-39-40-41-43-44-46-48-50-52-54-56-58-60-62-64-66-68-70-72-79(82)86-76-78(77-88-90(84,85)87-75-74-81(3,4)5)89-80(83)73-71-69-67-65-63-61-59-57-55-53-51-49-47-45-42-37-35-33-31-29-27-25-23-21-19-17-15-13-11-9-7-2/h8-11,14-17,20-23,26-29,32-35,38-39,41-43,45,49,51,55,57,61,63,78H,6-7,12-13,18-19,24-25,30-31,36-37,40,44,46-48,50,52-54,56,58-60,62,64-77H2,1-5H3/p+1/b10-8-,11-9-,16-14-,17-15-,22-20-,23-21-,28-26-,29-27-,34-32-,35-33-,39-38-,43-41-,45-42-,51-49-,57-55-,63-61-. The highest BCUT2D eigenvalue weighted by molar-refractivity contribution is 7.47. The van der Waals surface area contributed by atoms with Crippen molar-refractivity contribution in [3.8, 4) is 0 Å². The quantitative estimate of drug-likeness (QED) is 0.0211. The Kier molecular flexibility index (Phi) is 64.3. The SMILES string of the molecule is CC/C=C\C/C=C\C/C=C\C/C=C\C/C=C\C/C=C\C/C=C\C/C=C\C/C=C\CCCCCC(=O)OC(COC(=O)CCCCCCCCCCCCCCC/C=C\C/C=C\C/C=C\C/C=C\C/C=C\C/C=C\C/C=C\CC)COP(=O)(O)OCC[N+](C)(C)C. The van der Waals surface area contributed by atoms with E-state index in [1.54, 1.807) is 0 Å². The van der Waals surface area contributed by atoms with Crippen molar-refractivity contribution in [2.45, 2.75) is 251 Å². The molecule has 0 heterocycles. The Balaban J connectivity index is 4.18. The van der Waals surface area contributed by atoms with E-state index in [9.17, 15) is 19.0 Å². The average Bonchev–Trinajstić information content (AvgIpc) is 3.58. The molecule has 0 aliphatic rings. The molecule has 90 heavy (non-hydrogen) atoms. The number of phosphoric ester groups is 1. The second kappa shape index (κ2) is 68.2. The zero-order chi connectivity index (χ0) is 65.5. The van der Waals surface area contributed by atoms with Gasteiger partial charge >= 0.3 is 19.8 Å². The second-order valence-electron chi connectivity index (χ2n) is 23.8. The van der Waals surface area contributed by atoms with Crippen molar-refractivity contribution in [2.75, 3.05) is 47.5 Å². The van der Waals surface area contributed by atoms with E-state index in [-0.39, 0.29) is 32.0 Å². The number of ether oxygens (including phenoxy) is 2. The number of quaternary nitrogens is 1. The lowest BCUT2D eigenvalue weighted by molar-refractivity contribution is -0.870. The summed E-state index contributed by atoms with van der Waals surface area (Å²) >= 11 is 0. The topological polar surface area (TPSA) is 108 Å². The molecular formula is C80H129NO8P+. The fourth-order valence-corrected chi connectivity index (χ4v) is 9.55. The molecule has 0 aromatic rings. The van der Waals surface area contributed by atoms with Crippen molar-refractivity contribution in [3.05, 3.63) is 194 Å². The van der Waals surface area contributed by atoms with Crippen molar-refractivity contribution in [1.82, 2.24) is 0 Å². The van der Waals surface area contributed by atoms with Crippen molar-refractivity contribution < 1.29 is 42.1 Å². The Bertz CT molecular complexity index is 2220. The van der Waals surface area contributed by atoms with Gasteiger partial charge in [0.05, 0.1) is 27.7 Å². The normalized spacial score (nSPS) is 14.3. The molecule has 2 unspecified atom stereocenters. The number of carbonyl (C=O) groups is 2. The average molecular weight is 1260 g/mol. The molecule has 1 N–H and O–H groups in total. The Morgan fingerprint density at radius 2 is 0.600 bits per heavy atom. The Hall–Kier alpha value is -5.15. The molecule has 0 aromatic heterocycles. The summed E-state index contributed by atoms with van der Waals surface area (Å²) in [4.78, 5) is 35.9. The molecule has 9 nitrogen and oxygen atoms in total. The van der Waals surface area contributed by atoms with E-state index in [0.29, 0.717) is 17.4 Å². The molecule has 0 amide bonds. The lowest BCUT2D eigenvalue weighted by Gasteiger charge is -2.24. The maximum Gasteiger partial charge on any atom is 0.472 e. The molecule has 0 aliphatic carbocycles. The lowest BCUT2D eigenvalue weighted by atomic mass is 10.0. The summed E-state index contributed by atoms with van der Waals surface area (Å²) in [7, 11) is 1.43. The van der Waals surface area contributed by atoms with E-state index < -0.39 is 26.5 Å². The van der Waals surface area contributed by atoms with Crippen LogP contribution in [0.4, 0.5) is 0 Å². The van der Waals surface area contributed by atoms with Crippen LogP contribution < -0.4 is 0 Å². The Morgan fingerprint density at radius 1 is 0.344 bits per heavy atom. The summed E-state index contributed by atoms with van der Waals surface area (Å²) < 4.78 is 34.7. The molecular weight excluding hydrogens is 1130 g/mol. The van der Waals surface area contributed by atoms with E-state index in [4.69, 9.17) is 18.5 Å². The van der Waals surface area contributed by atoms with E-state index in [1.807, 2.05) is 21.1 Å². The van der Waals surface area contributed by atoms with Crippen molar-refractivity contribution in [3.63, 3.8) is 0 Å². The minimum absolute atomic E-state index is 0.0142. The van der Waals surface area contributed by atoms with Crippen LogP contribution in [-0.2, 0) is 32.7 Å². The minimum atomic E-state index is -4.42. The van der Waals surface area contributed by atoms with Crippen molar-refractivity contribution in [1.29, 1.82) is 0 Å². The minimum Gasteiger partial charge on any atom is -0.462 e. The molecule has 0 saturated carbocycles. The summed E-state index contributed by atoms with van der Waals surface area (Å²) in [6.45, 7) is 4.14. The van der Waals surface area contributed by atoms with Gasteiger partial charge in [0.15, 0.2) is 6.10 Å². The number of hydrogen-bond donors (Lipinski definition) is 1. The molecule has 0 saturated heterocycles. The first kappa shape index (κ1) is 84.8. The lowest BCUT2D eigenvalue weighted by Crippen LogP contribution is -2.37. The highest BCUT2D eigenvalue weighted by atomic mass is 31.2. The van der Waals surface area contributed by atoms with Gasteiger partial charge in [0.2, 0.25) is 0 Å². The number of esters is 2. The third-order valence-corrected chi connectivity index (χ3v) is 15.1. The third-order valence-electron chi connectivity index (χ3n) is 14.1. The van der Waals surface area contributed by atoms with Crippen LogP contribution in [0.3, 0.4) is 0 Å². The molecule has 10 heteroatoms. The van der Waals surface area contributed by atoms with Gasteiger partial charge in [-0.15, -0.1) is 0 Å². The Labute approximate surface area is 552 Å². The number of phosphoric acid groups is 1. The highest BCUT2D eigenvalue weighted by Gasteiger charge is 2.27. The van der Waals surface area contributed by atoms with E-state index in [0.717, 1.165) is 148 Å². The van der Waals surface area contributed by atoms with Crippen molar-refractivity contribution in [2.24, 2.45) is 0 Å². The van der Waals surface area contributed by atoms with Gasteiger partial charge in [-0.05, 0) is 141 Å². The van der Waals surface area contributed by atoms with E-state index >= 15 is 0 Å². The van der Waals surface area contributed by atoms with Crippen LogP contribution >= 0.6 is 7.82 Å². The number of hydrogen-bond acceptors (Lipinski definition) is 7. The van der Waals surface area contributed by atoms with Gasteiger partial charge < -0.3 is 18.9 Å². The zero-order valence-corrected chi connectivity index (χ0v) is 58.4. The predicted octanol–water partition coefficient (Wildman–Crippen LogP) is 23.3. The fourth-order valence-electron chi connectivity index (χ4n) is 8.81. The predicted molar refractivity (Wildman–Crippen MR) is 389 cm³/mol. The summed E-state index contributed by atoms with van der Waals surface area (Å²) in [6, 6.07) is 0. The maximum absolute atomic E-state index is 12.9. The van der Waals surface area contributed by atoms with Crippen molar-refractivity contribution >= 4 is 19.8 Å². The number of carbonyl (C=O) groups excluding carboxylic acids is 2. The molecule has 0 aromatic carbocycles. The van der Waals surface area contributed by atoms with E-state index in [2.05, 4.69) is 208 Å². The summed E-state index contributed by atoms with van der Waals surface area (Å²) in [5, 5.41) is 0. The van der Waals surface area contributed by atoms with Gasteiger partial charge in [-0.25, -0.2) is 4.57 Å². The molecule has 0 radical (unpaired) electrons. The van der Waals surface area contributed by atoms with Gasteiger partial charge in [-0.3, -0.25) is 18.6 Å². The number of unbranched alkanes of at least 4 members (excludes halogenated alkanes) is 16. The maximum atomic E-state index is 12.9. The van der Waals surface area contributed by atoms with Gasteiger partial charge in [-0.1, -0.05) is 285 Å². The molecule has 2 atom stereocenters. The van der Waals surface area contributed by atoms with Crippen LogP contribution in [0.2, 0.25) is 0 Å². The smallest absolute Gasteiger partial charge is 0.462 e. The first-order valence-corrected chi connectivity index (χ1v) is 36.7. The Morgan fingerprint density at radius 3 is 0.900 bits per heavy atom. The third kappa shape index (κ3) is 71.9. The van der Waals surface area contributed by atoms with E-state index in [1.165, 1.54) is 64.2 Å². The summed E-state index contributed by atoms with van der Waals surface area (Å²) in [6.07, 6.45) is 107. The summed E-state index contributed by atoms with van der Waals surface area (Å²) in [5.41, 5.74) is 0. The molecule has 0 aliphatic heterocycles. The monoisotopic (exact) mass is 1260 g/mol. The van der Waals surface area contributed by atoms with Crippen LogP contribution in [0.1, 0.15) is 245 Å². The molecule has 0 rings (SSSR count). The largest absolute Gasteiger partial charge is 0.472 e. The number of rotatable bonds is 62. The van der Waals surface area contributed by atoms with Crippen LogP contribution in [0.5, 0.6) is 0 Å². The zero-order valence-electron chi connectivity index (χ0n) is 57.5.